The van der Waals surface area contributed by atoms with Crippen LogP contribution in [-0.2, 0) is 25.4 Å². The van der Waals surface area contributed by atoms with Gasteiger partial charge in [0.05, 0.1) is 19.5 Å². The Balaban J connectivity index is 1.60. The van der Waals surface area contributed by atoms with Gasteiger partial charge in [0.1, 0.15) is 12.3 Å². The summed E-state index contributed by atoms with van der Waals surface area (Å²) >= 11 is 0. The summed E-state index contributed by atoms with van der Waals surface area (Å²) in [6, 6.07) is 6.85. The Labute approximate surface area is 170 Å². The number of ether oxygens (including phenoxy) is 1. The van der Waals surface area contributed by atoms with E-state index in [0.29, 0.717) is 17.1 Å². The van der Waals surface area contributed by atoms with Gasteiger partial charge in [-0.2, -0.15) is 0 Å². The zero-order chi connectivity index (χ0) is 21.6. The fourth-order valence-corrected chi connectivity index (χ4v) is 3.47. The van der Waals surface area contributed by atoms with Crippen LogP contribution in [0.15, 0.2) is 44.6 Å². The van der Waals surface area contributed by atoms with Crippen LogP contribution in [0.5, 0.6) is 5.75 Å². The lowest BCUT2D eigenvalue weighted by Gasteiger charge is -2.13. The van der Waals surface area contributed by atoms with Gasteiger partial charge >= 0.3 is 5.69 Å². The standard InChI is InChI=1S/C20H21N5O5/c1-11(14-8-12-6-5-7-13(29-4)17(12)30-14)22-15(26)9-25-19(27)16-18(21-10-23(16)2)24(3)20(25)28/h5-8,10-11H,9H2,1-4H3,(H,22,26). The number of aryl methyl sites for hydroxylation is 2. The maximum absolute atomic E-state index is 12.7. The van der Waals surface area contributed by atoms with E-state index in [1.165, 1.54) is 22.5 Å². The molecule has 0 radical (unpaired) electrons. The highest BCUT2D eigenvalue weighted by Crippen LogP contribution is 2.30. The van der Waals surface area contributed by atoms with Crippen LogP contribution >= 0.6 is 0 Å². The van der Waals surface area contributed by atoms with Crippen LogP contribution in [0.1, 0.15) is 18.7 Å². The molecule has 1 aromatic carbocycles. The number of hydrogen-bond acceptors (Lipinski definition) is 6. The number of amides is 1. The number of aromatic nitrogens is 4. The Morgan fingerprint density at radius 1 is 1.30 bits per heavy atom. The molecular weight excluding hydrogens is 390 g/mol. The maximum Gasteiger partial charge on any atom is 0.332 e. The monoisotopic (exact) mass is 411 g/mol. The molecule has 3 heterocycles. The van der Waals surface area contributed by atoms with E-state index < -0.39 is 29.7 Å². The molecule has 1 N–H and O–H groups in total. The number of fused-ring (bicyclic) bond motifs is 2. The van der Waals surface area contributed by atoms with Crippen molar-refractivity contribution in [3.05, 3.63) is 57.2 Å². The largest absolute Gasteiger partial charge is 0.493 e. The lowest BCUT2D eigenvalue weighted by molar-refractivity contribution is -0.122. The Kier molecular flexibility index (Phi) is 4.69. The van der Waals surface area contributed by atoms with Gasteiger partial charge in [-0.05, 0) is 19.1 Å². The Hall–Kier alpha value is -3.82. The van der Waals surface area contributed by atoms with Gasteiger partial charge in [0, 0.05) is 19.5 Å². The molecule has 4 aromatic rings. The highest BCUT2D eigenvalue weighted by molar-refractivity contribution is 5.84. The molecule has 0 aliphatic heterocycles. The second-order valence-electron chi connectivity index (χ2n) is 7.08. The number of carbonyl (C=O) groups is 1. The third kappa shape index (κ3) is 3.06. The topological polar surface area (TPSA) is 113 Å². The molecule has 1 amide bonds. The van der Waals surface area contributed by atoms with Crippen molar-refractivity contribution in [3.63, 3.8) is 0 Å². The van der Waals surface area contributed by atoms with Gasteiger partial charge in [-0.1, -0.05) is 12.1 Å². The van der Waals surface area contributed by atoms with Crippen molar-refractivity contribution in [2.45, 2.75) is 19.5 Å². The number of carbonyl (C=O) groups excluding carboxylic acids is 1. The first-order chi connectivity index (χ1) is 14.3. The number of methoxy groups -OCH3 is 1. The number of hydrogen-bond donors (Lipinski definition) is 1. The lowest BCUT2D eigenvalue weighted by Crippen LogP contribution is -2.43. The highest BCUT2D eigenvalue weighted by Gasteiger charge is 2.20. The Morgan fingerprint density at radius 2 is 2.07 bits per heavy atom. The van der Waals surface area contributed by atoms with Crippen LogP contribution in [0.3, 0.4) is 0 Å². The second-order valence-corrected chi connectivity index (χ2v) is 7.08. The number of imidazole rings is 1. The van der Waals surface area contributed by atoms with Crippen LogP contribution in [-0.4, -0.2) is 31.7 Å². The minimum atomic E-state index is -0.609. The third-order valence-electron chi connectivity index (χ3n) is 5.05. The van der Waals surface area contributed by atoms with Crippen molar-refractivity contribution in [2.24, 2.45) is 14.1 Å². The molecule has 156 valence electrons. The molecule has 0 saturated carbocycles. The first-order valence-corrected chi connectivity index (χ1v) is 9.28. The molecule has 0 aliphatic rings. The fraction of sp³-hybridized carbons (Fsp3) is 0.300. The molecule has 0 spiro atoms. The number of furan rings is 1. The molecule has 10 heteroatoms. The number of nitrogens with one attached hydrogen (secondary N) is 1. The summed E-state index contributed by atoms with van der Waals surface area (Å²) in [5.74, 6) is 0.637. The van der Waals surface area contributed by atoms with Crippen molar-refractivity contribution in [1.29, 1.82) is 0 Å². The molecule has 30 heavy (non-hydrogen) atoms. The zero-order valence-corrected chi connectivity index (χ0v) is 17.0. The lowest BCUT2D eigenvalue weighted by atomic mass is 10.2. The first-order valence-electron chi connectivity index (χ1n) is 9.28. The first kappa shape index (κ1) is 19.5. The molecule has 1 atom stereocenters. The van der Waals surface area contributed by atoms with E-state index in [-0.39, 0.29) is 11.2 Å². The van der Waals surface area contributed by atoms with Gasteiger partial charge in [0.25, 0.3) is 5.56 Å². The molecule has 0 bridgehead atoms. The third-order valence-corrected chi connectivity index (χ3v) is 5.05. The summed E-state index contributed by atoms with van der Waals surface area (Å²) in [6.45, 7) is 1.34. The Morgan fingerprint density at radius 3 is 2.80 bits per heavy atom. The van der Waals surface area contributed by atoms with Crippen molar-refractivity contribution in [1.82, 2.24) is 24.0 Å². The van der Waals surface area contributed by atoms with Crippen LogP contribution < -0.4 is 21.3 Å². The van der Waals surface area contributed by atoms with Gasteiger partial charge in [-0.25, -0.2) is 14.3 Å². The van der Waals surface area contributed by atoms with Gasteiger partial charge in [-0.3, -0.25) is 14.2 Å². The van der Waals surface area contributed by atoms with E-state index in [1.54, 1.807) is 27.1 Å². The second kappa shape index (κ2) is 7.21. The predicted molar refractivity (Wildman–Crippen MR) is 110 cm³/mol. The molecule has 3 aromatic heterocycles. The van der Waals surface area contributed by atoms with Crippen LogP contribution in [0, 0.1) is 0 Å². The van der Waals surface area contributed by atoms with E-state index in [4.69, 9.17) is 9.15 Å². The molecule has 1 unspecified atom stereocenters. The molecule has 4 rings (SSSR count). The summed E-state index contributed by atoms with van der Waals surface area (Å²) in [6.07, 6.45) is 1.45. The van der Waals surface area contributed by atoms with Crippen molar-refractivity contribution in [3.8, 4) is 5.75 Å². The number of benzene rings is 1. The normalized spacial score (nSPS) is 12.4. The van der Waals surface area contributed by atoms with Crippen LogP contribution in [0.2, 0.25) is 0 Å². The van der Waals surface area contributed by atoms with Gasteiger partial charge < -0.3 is 19.0 Å². The summed E-state index contributed by atoms with van der Waals surface area (Å²) < 4.78 is 14.8. The molecular formula is C20H21N5O5. The van der Waals surface area contributed by atoms with E-state index in [1.807, 2.05) is 18.2 Å². The van der Waals surface area contributed by atoms with Gasteiger partial charge in [0.2, 0.25) is 5.91 Å². The number of para-hydroxylation sites is 1. The average molecular weight is 411 g/mol. The Bertz CT molecular complexity index is 1390. The fourth-order valence-electron chi connectivity index (χ4n) is 3.47. The van der Waals surface area contributed by atoms with E-state index in [2.05, 4.69) is 10.3 Å². The van der Waals surface area contributed by atoms with E-state index in [9.17, 15) is 14.4 Å². The minimum Gasteiger partial charge on any atom is -0.493 e. The SMILES string of the molecule is COc1cccc2cc(C(C)NC(=O)Cn3c(=O)c4c(ncn4C)n(C)c3=O)oc12. The van der Waals surface area contributed by atoms with Crippen LogP contribution in [0.4, 0.5) is 0 Å². The molecule has 0 saturated heterocycles. The molecule has 0 aliphatic carbocycles. The van der Waals surface area contributed by atoms with Crippen molar-refractivity contribution >= 4 is 28.0 Å². The zero-order valence-electron chi connectivity index (χ0n) is 17.0. The van der Waals surface area contributed by atoms with E-state index >= 15 is 0 Å². The maximum atomic E-state index is 12.7. The predicted octanol–water partition coefficient (Wildman–Crippen LogP) is 1.07. The summed E-state index contributed by atoms with van der Waals surface area (Å²) in [5, 5.41) is 3.61. The average Bonchev–Trinajstić information content (AvgIpc) is 3.33. The smallest absolute Gasteiger partial charge is 0.332 e. The quantitative estimate of drug-likeness (QED) is 0.526. The number of nitrogens with zero attached hydrogens (tertiary/aromatic N) is 4. The summed E-state index contributed by atoms with van der Waals surface area (Å²) in [7, 11) is 4.72. The van der Waals surface area contributed by atoms with Crippen LogP contribution in [0.25, 0.3) is 22.1 Å². The summed E-state index contributed by atoms with van der Waals surface area (Å²) in [5.41, 5.74) is -0.0641. The van der Waals surface area contributed by atoms with Gasteiger partial charge in [0.15, 0.2) is 22.5 Å². The highest BCUT2D eigenvalue weighted by atomic mass is 16.5. The van der Waals surface area contributed by atoms with Crippen molar-refractivity contribution in [2.75, 3.05) is 7.11 Å². The van der Waals surface area contributed by atoms with Gasteiger partial charge in [-0.15, -0.1) is 0 Å². The molecule has 0 fully saturated rings. The number of rotatable bonds is 5. The summed E-state index contributed by atoms with van der Waals surface area (Å²) in [4.78, 5) is 42.0. The minimum absolute atomic E-state index is 0.252. The van der Waals surface area contributed by atoms with E-state index in [0.717, 1.165) is 9.95 Å². The van der Waals surface area contributed by atoms with Crippen molar-refractivity contribution < 1.29 is 13.9 Å². The molecule has 10 nitrogen and oxygen atoms in total.